The number of hydrogen-bond donors (Lipinski definition) is 1. The minimum absolute atomic E-state index is 0.126. The van der Waals surface area contributed by atoms with Crippen molar-refractivity contribution in [3.8, 4) is 0 Å². The van der Waals surface area contributed by atoms with Gasteiger partial charge in [0.15, 0.2) is 0 Å². The van der Waals surface area contributed by atoms with Crippen LogP contribution in [-0.2, 0) is 11.2 Å². The van der Waals surface area contributed by atoms with Crippen molar-refractivity contribution in [2.24, 2.45) is 0 Å². The highest BCUT2D eigenvalue weighted by atomic mass is 16.1. The molecule has 0 aromatic heterocycles. The molecule has 1 N–H and O–H groups in total. The van der Waals surface area contributed by atoms with E-state index in [1.165, 1.54) is 27.8 Å². The van der Waals surface area contributed by atoms with Crippen molar-refractivity contribution in [2.75, 3.05) is 5.32 Å². The molecule has 0 bridgehead atoms. The lowest BCUT2D eigenvalue weighted by molar-refractivity contribution is -0.115. The molecule has 1 aliphatic rings. The van der Waals surface area contributed by atoms with Crippen molar-refractivity contribution < 1.29 is 4.79 Å². The van der Waals surface area contributed by atoms with E-state index in [0.717, 1.165) is 5.69 Å². The summed E-state index contributed by atoms with van der Waals surface area (Å²) in [6.45, 7) is 10.8. The lowest BCUT2D eigenvalue weighted by Crippen LogP contribution is -2.05. The molecule has 0 radical (unpaired) electrons. The zero-order chi connectivity index (χ0) is 12.0. The molecule has 1 aromatic rings. The third-order valence-electron chi connectivity index (χ3n) is 3.68. The Morgan fingerprint density at radius 1 is 1.06 bits per heavy atom. The maximum absolute atomic E-state index is 11.5. The summed E-state index contributed by atoms with van der Waals surface area (Å²) in [6.07, 6.45) is 0.544. The predicted octanol–water partition coefficient (Wildman–Crippen LogP) is 3.23. The Hall–Kier alpha value is -1.31. The largest absolute Gasteiger partial charge is 0.325 e. The van der Waals surface area contributed by atoms with Gasteiger partial charge in [-0.05, 0) is 54.5 Å². The highest BCUT2D eigenvalue weighted by Gasteiger charge is 2.25. The fourth-order valence-corrected chi connectivity index (χ4v) is 2.85. The van der Waals surface area contributed by atoms with Crippen molar-refractivity contribution in [3.05, 3.63) is 27.8 Å². The van der Waals surface area contributed by atoms with Crippen molar-refractivity contribution in [3.63, 3.8) is 0 Å². The van der Waals surface area contributed by atoms with Crippen molar-refractivity contribution >= 4 is 11.6 Å². The molecule has 0 fully saturated rings. The smallest absolute Gasteiger partial charge is 0.228 e. The van der Waals surface area contributed by atoms with Crippen LogP contribution >= 0.6 is 0 Å². The van der Waals surface area contributed by atoms with Gasteiger partial charge in [-0.1, -0.05) is 13.8 Å². The molecular weight excluding hydrogens is 198 g/mol. The highest BCUT2D eigenvalue weighted by molar-refractivity contribution is 6.01. The third-order valence-corrected chi connectivity index (χ3v) is 3.68. The third kappa shape index (κ3) is 1.44. The number of nitrogens with one attached hydrogen (secondary N) is 1. The fourth-order valence-electron chi connectivity index (χ4n) is 2.85. The van der Waals surface area contributed by atoms with E-state index in [0.29, 0.717) is 12.3 Å². The van der Waals surface area contributed by atoms with Gasteiger partial charge in [-0.2, -0.15) is 0 Å². The molecule has 0 saturated carbocycles. The average molecular weight is 217 g/mol. The Bertz CT molecular complexity index is 472. The lowest BCUT2D eigenvalue weighted by atomic mass is 9.86. The summed E-state index contributed by atoms with van der Waals surface area (Å²) in [5.41, 5.74) is 7.53. The van der Waals surface area contributed by atoms with E-state index in [-0.39, 0.29) is 5.91 Å². The van der Waals surface area contributed by atoms with Gasteiger partial charge in [0.2, 0.25) is 5.91 Å². The molecule has 2 rings (SSSR count). The van der Waals surface area contributed by atoms with Gasteiger partial charge < -0.3 is 5.32 Å². The van der Waals surface area contributed by atoms with Crippen LogP contribution in [0.25, 0.3) is 0 Å². The molecule has 0 atom stereocenters. The molecule has 0 saturated heterocycles. The molecular formula is C14H19NO. The summed E-state index contributed by atoms with van der Waals surface area (Å²) in [5, 5.41) is 2.97. The zero-order valence-electron chi connectivity index (χ0n) is 10.7. The van der Waals surface area contributed by atoms with E-state index in [9.17, 15) is 4.79 Å². The molecule has 16 heavy (non-hydrogen) atoms. The standard InChI is InChI=1S/C14H19NO/c1-7(2)13-8(3)9(4)14-11(10(13)5)6-12(16)15-14/h7H,6H2,1-5H3,(H,15,16). The maximum atomic E-state index is 11.5. The van der Waals surface area contributed by atoms with Crippen LogP contribution in [0, 0.1) is 20.8 Å². The molecule has 0 spiro atoms. The molecule has 1 heterocycles. The first kappa shape index (κ1) is 11.2. The van der Waals surface area contributed by atoms with E-state index < -0.39 is 0 Å². The molecule has 1 aliphatic heterocycles. The molecule has 2 nitrogen and oxygen atoms in total. The van der Waals surface area contributed by atoms with Crippen LogP contribution in [0.1, 0.15) is 47.6 Å². The van der Waals surface area contributed by atoms with Crippen molar-refractivity contribution in [1.29, 1.82) is 0 Å². The van der Waals surface area contributed by atoms with E-state index >= 15 is 0 Å². The second-order valence-electron chi connectivity index (χ2n) is 5.02. The van der Waals surface area contributed by atoms with Crippen LogP contribution in [0.3, 0.4) is 0 Å². The number of hydrogen-bond acceptors (Lipinski definition) is 1. The van der Waals surface area contributed by atoms with Gasteiger partial charge in [-0.15, -0.1) is 0 Å². The van der Waals surface area contributed by atoms with Gasteiger partial charge in [-0.25, -0.2) is 0 Å². The first-order valence-corrected chi connectivity index (χ1v) is 5.85. The van der Waals surface area contributed by atoms with Gasteiger partial charge in [0.05, 0.1) is 6.42 Å². The van der Waals surface area contributed by atoms with Gasteiger partial charge in [0.25, 0.3) is 0 Å². The molecule has 86 valence electrons. The predicted molar refractivity (Wildman–Crippen MR) is 67.1 cm³/mol. The van der Waals surface area contributed by atoms with Crippen molar-refractivity contribution in [1.82, 2.24) is 0 Å². The topological polar surface area (TPSA) is 29.1 Å². The second kappa shape index (κ2) is 3.62. The molecule has 1 aromatic carbocycles. The minimum Gasteiger partial charge on any atom is -0.325 e. The first-order valence-electron chi connectivity index (χ1n) is 5.85. The van der Waals surface area contributed by atoms with Gasteiger partial charge in [0.1, 0.15) is 0 Å². The van der Waals surface area contributed by atoms with E-state index in [1.54, 1.807) is 0 Å². The Labute approximate surface area is 97.1 Å². The number of amides is 1. The number of fused-ring (bicyclic) bond motifs is 1. The quantitative estimate of drug-likeness (QED) is 0.768. The highest BCUT2D eigenvalue weighted by Crippen LogP contribution is 2.37. The summed E-state index contributed by atoms with van der Waals surface area (Å²) in [6, 6.07) is 0. The monoisotopic (exact) mass is 217 g/mol. The lowest BCUT2D eigenvalue weighted by Gasteiger charge is -2.20. The summed E-state index contributed by atoms with van der Waals surface area (Å²) in [7, 11) is 0. The fraction of sp³-hybridized carbons (Fsp3) is 0.500. The van der Waals surface area contributed by atoms with Crippen LogP contribution in [-0.4, -0.2) is 5.91 Å². The van der Waals surface area contributed by atoms with Gasteiger partial charge >= 0.3 is 0 Å². The first-order chi connectivity index (χ1) is 7.43. The summed E-state index contributed by atoms with van der Waals surface area (Å²) < 4.78 is 0. The van der Waals surface area contributed by atoms with E-state index in [4.69, 9.17) is 0 Å². The number of benzene rings is 1. The number of carbonyl (C=O) groups is 1. The molecule has 0 aliphatic carbocycles. The van der Waals surface area contributed by atoms with Crippen LogP contribution in [0.15, 0.2) is 0 Å². The summed E-state index contributed by atoms with van der Waals surface area (Å²) in [5.74, 6) is 0.640. The Balaban J connectivity index is 2.74. The Kier molecular flexibility index (Phi) is 2.53. The SMILES string of the molecule is Cc1c(C)c(C(C)C)c(C)c2c1NC(=O)C2. The Morgan fingerprint density at radius 3 is 2.25 bits per heavy atom. The van der Waals surface area contributed by atoms with E-state index in [2.05, 4.69) is 39.9 Å². The number of anilines is 1. The summed E-state index contributed by atoms with van der Waals surface area (Å²) in [4.78, 5) is 11.5. The van der Waals surface area contributed by atoms with Crippen LogP contribution < -0.4 is 5.32 Å². The zero-order valence-corrected chi connectivity index (χ0v) is 10.7. The second-order valence-corrected chi connectivity index (χ2v) is 5.02. The summed E-state index contributed by atoms with van der Waals surface area (Å²) >= 11 is 0. The molecule has 2 heteroatoms. The Morgan fingerprint density at radius 2 is 1.69 bits per heavy atom. The van der Waals surface area contributed by atoms with E-state index in [1.807, 2.05) is 0 Å². The average Bonchev–Trinajstić information content (AvgIpc) is 2.57. The molecule has 0 unspecified atom stereocenters. The number of carbonyl (C=O) groups excluding carboxylic acids is 1. The molecule has 1 amide bonds. The van der Waals surface area contributed by atoms with Crippen LogP contribution in [0.4, 0.5) is 5.69 Å². The maximum Gasteiger partial charge on any atom is 0.228 e. The van der Waals surface area contributed by atoms with Crippen molar-refractivity contribution in [2.45, 2.75) is 47.0 Å². The van der Waals surface area contributed by atoms with Crippen LogP contribution in [0.2, 0.25) is 0 Å². The van der Waals surface area contributed by atoms with Gasteiger partial charge in [0, 0.05) is 5.69 Å². The number of rotatable bonds is 1. The van der Waals surface area contributed by atoms with Crippen LogP contribution in [0.5, 0.6) is 0 Å². The van der Waals surface area contributed by atoms with Gasteiger partial charge in [-0.3, -0.25) is 4.79 Å². The minimum atomic E-state index is 0.126. The normalized spacial score (nSPS) is 14.2.